The molecule has 0 radical (unpaired) electrons. The van der Waals surface area contributed by atoms with E-state index in [4.69, 9.17) is 0 Å². The Morgan fingerprint density at radius 3 is 2.64 bits per heavy atom. The van der Waals surface area contributed by atoms with E-state index in [1.807, 2.05) is 31.0 Å². The van der Waals surface area contributed by atoms with Crippen LogP contribution in [0.15, 0.2) is 18.3 Å². The first-order valence-corrected chi connectivity index (χ1v) is 4.75. The number of pyridine rings is 1. The fourth-order valence-corrected chi connectivity index (χ4v) is 1.39. The van der Waals surface area contributed by atoms with Crippen LogP contribution in [0.2, 0.25) is 0 Å². The Hall–Kier alpha value is -1.09. The molecule has 0 saturated heterocycles. The minimum absolute atomic E-state index is 0.573. The molecule has 0 atom stereocenters. The molecule has 0 fully saturated rings. The molecule has 0 unspecified atom stereocenters. The smallest absolute Gasteiger partial charge is 0.128 e. The lowest BCUT2D eigenvalue weighted by molar-refractivity contribution is 0.0884. The van der Waals surface area contributed by atoms with Gasteiger partial charge in [0, 0.05) is 19.8 Å². The van der Waals surface area contributed by atoms with E-state index in [2.05, 4.69) is 4.98 Å². The van der Waals surface area contributed by atoms with Crippen LogP contribution in [0.25, 0.3) is 0 Å². The molecule has 78 valence electrons. The lowest BCUT2D eigenvalue weighted by Crippen LogP contribution is -2.36. The highest BCUT2D eigenvalue weighted by molar-refractivity contribution is 5.39. The second-order valence-electron chi connectivity index (χ2n) is 4.36. The van der Waals surface area contributed by atoms with Crippen LogP contribution < -0.4 is 4.90 Å². The topological polar surface area (TPSA) is 36.4 Å². The third-order valence-corrected chi connectivity index (χ3v) is 1.92. The molecule has 0 aliphatic rings. The van der Waals surface area contributed by atoms with Gasteiger partial charge in [0.15, 0.2) is 0 Å². The van der Waals surface area contributed by atoms with Crippen LogP contribution in [-0.4, -0.2) is 29.3 Å². The Kier molecular flexibility index (Phi) is 3.11. The first-order chi connectivity index (χ1) is 6.38. The van der Waals surface area contributed by atoms with Crippen molar-refractivity contribution in [3.05, 3.63) is 23.9 Å². The third kappa shape index (κ3) is 3.34. The lowest BCUT2D eigenvalue weighted by atomic mass is 10.1. The Bertz CT molecular complexity index is 304. The molecule has 0 amide bonds. The van der Waals surface area contributed by atoms with Crippen molar-refractivity contribution in [1.82, 2.24) is 4.98 Å². The average Bonchev–Trinajstić information content (AvgIpc) is 2.01. The lowest BCUT2D eigenvalue weighted by Gasteiger charge is -2.26. The van der Waals surface area contributed by atoms with Gasteiger partial charge < -0.3 is 10.0 Å². The number of anilines is 1. The van der Waals surface area contributed by atoms with Gasteiger partial charge >= 0.3 is 0 Å². The Labute approximate surface area is 85.4 Å². The molecule has 0 aliphatic heterocycles. The molecule has 1 aromatic rings. The summed E-state index contributed by atoms with van der Waals surface area (Å²) in [6.45, 7) is 6.19. The van der Waals surface area contributed by atoms with Crippen LogP contribution in [0.3, 0.4) is 0 Å². The predicted octanol–water partition coefficient (Wildman–Crippen LogP) is 1.60. The summed E-state index contributed by atoms with van der Waals surface area (Å²) in [7, 11) is 1.93. The van der Waals surface area contributed by atoms with Crippen molar-refractivity contribution in [3.8, 4) is 0 Å². The molecule has 0 bridgehead atoms. The summed E-state index contributed by atoms with van der Waals surface area (Å²) in [6, 6.07) is 3.97. The van der Waals surface area contributed by atoms with Gasteiger partial charge in [-0.3, -0.25) is 0 Å². The van der Waals surface area contributed by atoms with Crippen molar-refractivity contribution < 1.29 is 5.11 Å². The first kappa shape index (κ1) is 11.0. The molecule has 1 heterocycles. The minimum atomic E-state index is -0.694. The maximum Gasteiger partial charge on any atom is 0.128 e. The third-order valence-electron chi connectivity index (χ3n) is 1.92. The standard InChI is InChI=1S/C11H18N2O/c1-9-5-6-12-10(7-9)13(4)8-11(2,3)14/h5-7,14H,8H2,1-4H3. The van der Waals surface area contributed by atoms with Gasteiger partial charge in [0.1, 0.15) is 5.82 Å². The maximum absolute atomic E-state index is 9.65. The van der Waals surface area contributed by atoms with Crippen LogP contribution in [0.4, 0.5) is 5.82 Å². The van der Waals surface area contributed by atoms with E-state index in [1.54, 1.807) is 20.0 Å². The molecule has 1 N–H and O–H groups in total. The molecule has 3 nitrogen and oxygen atoms in total. The zero-order chi connectivity index (χ0) is 10.8. The number of nitrogens with zero attached hydrogens (tertiary/aromatic N) is 2. The summed E-state index contributed by atoms with van der Waals surface area (Å²) >= 11 is 0. The zero-order valence-electron chi connectivity index (χ0n) is 9.28. The van der Waals surface area contributed by atoms with E-state index < -0.39 is 5.60 Å². The summed E-state index contributed by atoms with van der Waals surface area (Å²) in [6.07, 6.45) is 1.78. The monoisotopic (exact) mass is 194 g/mol. The van der Waals surface area contributed by atoms with E-state index in [1.165, 1.54) is 5.56 Å². The molecule has 1 aromatic heterocycles. The first-order valence-electron chi connectivity index (χ1n) is 4.75. The second kappa shape index (κ2) is 3.96. The van der Waals surface area contributed by atoms with Crippen molar-refractivity contribution in [2.24, 2.45) is 0 Å². The summed E-state index contributed by atoms with van der Waals surface area (Å²) in [4.78, 5) is 6.19. The van der Waals surface area contributed by atoms with Crippen LogP contribution in [0.5, 0.6) is 0 Å². The number of hydrogen-bond donors (Lipinski definition) is 1. The quantitative estimate of drug-likeness (QED) is 0.794. The Balaban J connectivity index is 2.74. The predicted molar refractivity (Wildman–Crippen MR) is 58.5 cm³/mol. The number of hydrogen-bond acceptors (Lipinski definition) is 3. The highest BCUT2D eigenvalue weighted by atomic mass is 16.3. The highest BCUT2D eigenvalue weighted by Gasteiger charge is 2.16. The fourth-order valence-electron chi connectivity index (χ4n) is 1.39. The maximum atomic E-state index is 9.65. The van der Waals surface area contributed by atoms with Gasteiger partial charge in [0.25, 0.3) is 0 Å². The van der Waals surface area contributed by atoms with E-state index in [-0.39, 0.29) is 0 Å². The summed E-state index contributed by atoms with van der Waals surface area (Å²) < 4.78 is 0. The van der Waals surface area contributed by atoms with Gasteiger partial charge in [-0.1, -0.05) is 0 Å². The van der Waals surface area contributed by atoms with Crippen molar-refractivity contribution >= 4 is 5.82 Å². The highest BCUT2D eigenvalue weighted by Crippen LogP contribution is 2.13. The SMILES string of the molecule is Cc1ccnc(N(C)CC(C)(C)O)c1. The van der Waals surface area contributed by atoms with Gasteiger partial charge in [0.05, 0.1) is 5.60 Å². The minimum Gasteiger partial charge on any atom is -0.389 e. The zero-order valence-corrected chi connectivity index (χ0v) is 9.28. The summed E-state index contributed by atoms with van der Waals surface area (Å²) in [5.74, 6) is 0.895. The van der Waals surface area contributed by atoms with Crippen molar-refractivity contribution in [2.75, 3.05) is 18.5 Å². The van der Waals surface area contributed by atoms with Gasteiger partial charge in [-0.25, -0.2) is 4.98 Å². The van der Waals surface area contributed by atoms with E-state index >= 15 is 0 Å². The van der Waals surface area contributed by atoms with E-state index in [9.17, 15) is 5.11 Å². The number of rotatable bonds is 3. The number of aryl methyl sites for hydroxylation is 1. The summed E-state index contributed by atoms with van der Waals surface area (Å²) in [5.41, 5.74) is 0.484. The van der Waals surface area contributed by atoms with Gasteiger partial charge in [-0.05, 0) is 38.5 Å². The Morgan fingerprint density at radius 2 is 2.14 bits per heavy atom. The van der Waals surface area contributed by atoms with Crippen molar-refractivity contribution in [1.29, 1.82) is 0 Å². The van der Waals surface area contributed by atoms with E-state index in [0.29, 0.717) is 6.54 Å². The van der Waals surface area contributed by atoms with Crippen molar-refractivity contribution in [3.63, 3.8) is 0 Å². The molecule has 14 heavy (non-hydrogen) atoms. The van der Waals surface area contributed by atoms with Crippen LogP contribution >= 0.6 is 0 Å². The normalized spacial score (nSPS) is 11.5. The van der Waals surface area contributed by atoms with E-state index in [0.717, 1.165) is 5.82 Å². The van der Waals surface area contributed by atoms with Gasteiger partial charge in [-0.15, -0.1) is 0 Å². The van der Waals surface area contributed by atoms with Crippen LogP contribution in [0, 0.1) is 6.92 Å². The molecule has 0 saturated carbocycles. The number of likely N-dealkylation sites (N-methyl/N-ethyl adjacent to an activating group) is 1. The molecule has 3 heteroatoms. The fraction of sp³-hybridized carbons (Fsp3) is 0.545. The van der Waals surface area contributed by atoms with Crippen LogP contribution in [0.1, 0.15) is 19.4 Å². The molecule has 1 rings (SSSR count). The molecule has 0 aromatic carbocycles. The second-order valence-corrected chi connectivity index (χ2v) is 4.36. The molecular formula is C11H18N2O. The van der Waals surface area contributed by atoms with Gasteiger partial charge in [0.2, 0.25) is 0 Å². The largest absolute Gasteiger partial charge is 0.389 e. The van der Waals surface area contributed by atoms with Gasteiger partial charge in [-0.2, -0.15) is 0 Å². The number of aliphatic hydroxyl groups is 1. The molecule has 0 spiro atoms. The van der Waals surface area contributed by atoms with Crippen LogP contribution in [-0.2, 0) is 0 Å². The number of aromatic nitrogens is 1. The molecular weight excluding hydrogens is 176 g/mol. The van der Waals surface area contributed by atoms with Crippen molar-refractivity contribution in [2.45, 2.75) is 26.4 Å². The molecule has 0 aliphatic carbocycles. The summed E-state index contributed by atoms with van der Waals surface area (Å²) in [5, 5.41) is 9.65. The Morgan fingerprint density at radius 1 is 1.50 bits per heavy atom. The average molecular weight is 194 g/mol.